The summed E-state index contributed by atoms with van der Waals surface area (Å²) in [5.74, 6) is 0. The Kier molecular flexibility index (Phi) is 4.99. The standard InChI is InChI=1S/C19H20N4OS2/c1-25-15-8-5-9-16-17(15)21-19(26-16)23-12-10-22(11-13-23)18(24)20-14-6-3-2-4-7-14/h2-9H,10-13H2,1H3,(H,20,24). The van der Waals surface area contributed by atoms with Crippen LogP contribution in [0.25, 0.3) is 10.2 Å². The van der Waals surface area contributed by atoms with Crippen LogP contribution in [0.3, 0.4) is 0 Å². The Morgan fingerprint density at radius 2 is 1.85 bits per heavy atom. The van der Waals surface area contributed by atoms with Gasteiger partial charge in [0.1, 0.15) is 0 Å². The van der Waals surface area contributed by atoms with Gasteiger partial charge in [0.25, 0.3) is 0 Å². The molecule has 1 saturated heterocycles. The van der Waals surface area contributed by atoms with Crippen molar-refractivity contribution in [1.82, 2.24) is 9.88 Å². The summed E-state index contributed by atoms with van der Waals surface area (Å²) in [6.45, 7) is 3.00. The Bertz CT molecular complexity index is 904. The summed E-state index contributed by atoms with van der Waals surface area (Å²) in [7, 11) is 0. The number of benzene rings is 2. The molecular formula is C19H20N4OS2. The number of thiazole rings is 1. The Balaban J connectivity index is 1.41. The van der Waals surface area contributed by atoms with Crippen LogP contribution < -0.4 is 10.2 Å². The second kappa shape index (κ2) is 7.55. The van der Waals surface area contributed by atoms with E-state index in [4.69, 9.17) is 4.98 Å². The summed E-state index contributed by atoms with van der Waals surface area (Å²) in [5, 5.41) is 4.00. The van der Waals surface area contributed by atoms with Crippen molar-refractivity contribution >= 4 is 50.2 Å². The number of hydrogen-bond donors (Lipinski definition) is 1. The Labute approximate surface area is 161 Å². The number of carbonyl (C=O) groups is 1. The Morgan fingerprint density at radius 3 is 2.58 bits per heavy atom. The molecule has 1 fully saturated rings. The van der Waals surface area contributed by atoms with E-state index in [0.29, 0.717) is 13.1 Å². The van der Waals surface area contributed by atoms with Crippen LogP contribution in [0.5, 0.6) is 0 Å². The van der Waals surface area contributed by atoms with Gasteiger partial charge in [0, 0.05) is 36.8 Å². The lowest BCUT2D eigenvalue weighted by atomic mass is 10.3. The van der Waals surface area contributed by atoms with Crippen molar-refractivity contribution in [3.05, 3.63) is 48.5 Å². The molecule has 1 aromatic heterocycles. The number of aromatic nitrogens is 1. The molecule has 0 radical (unpaired) electrons. The molecule has 0 aliphatic carbocycles. The van der Waals surface area contributed by atoms with Crippen molar-refractivity contribution in [2.75, 3.05) is 42.7 Å². The fraction of sp³-hybridized carbons (Fsp3) is 0.263. The highest BCUT2D eigenvalue weighted by Crippen LogP contribution is 2.34. The van der Waals surface area contributed by atoms with Gasteiger partial charge in [-0.15, -0.1) is 11.8 Å². The number of urea groups is 1. The number of piperazine rings is 1. The zero-order valence-corrected chi connectivity index (χ0v) is 16.1. The zero-order valence-electron chi connectivity index (χ0n) is 14.5. The first kappa shape index (κ1) is 17.2. The summed E-state index contributed by atoms with van der Waals surface area (Å²) in [6, 6.07) is 15.9. The molecule has 0 atom stereocenters. The number of nitrogens with zero attached hydrogens (tertiary/aromatic N) is 3. The lowest BCUT2D eigenvalue weighted by molar-refractivity contribution is 0.208. The number of amides is 2. The summed E-state index contributed by atoms with van der Waals surface area (Å²) in [6.07, 6.45) is 2.08. The molecule has 134 valence electrons. The molecule has 3 aromatic rings. The van der Waals surface area contributed by atoms with Crippen molar-refractivity contribution in [2.45, 2.75) is 4.90 Å². The molecule has 0 unspecified atom stereocenters. The number of thioether (sulfide) groups is 1. The van der Waals surface area contributed by atoms with E-state index in [1.54, 1.807) is 23.1 Å². The molecule has 1 aliphatic heterocycles. The fourth-order valence-corrected chi connectivity index (χ4v) is 4.71. The van der Waals surface area contributed by atoms with E-state index in [1.807, 2.05) is 35.2 Å². The predicted octanol–water partition coefficient (Wildman–Crippen LogP) is 4.37. The second-order valence-electron chi connectivity index (χ2n) is 6.07. The molecule has 0 bridgehead atoms. The maximum atomic E-state index is 12.4. The third-order valence-corrected chi connectivity index (χ3v) is 6.30. The molecule has 0 spiro atoms. The number of para-hydroxylation sites is 2. The van der Waals surface area contributed by atoms with Crippen LogP contribution in [0.1, 0.15) is 0 Å². The first-order valence-corrected chi connectivity index (χ1v) is 10.6. The average molecular weight is 385 g/mol. The highest BCUT2D eigenvalue weighted by Gasteiger charge is 2.23. The van der Waals surface area contributed by atoms with Gasteiger partial charge in [-0.3, -0.25) is 0 Å². The van der Waals surface area contributed by atoms with Gasteiger partial charge in [0.05, 0.1) is 10.2 Å². The van der Waals surface area contributed by atoms with Crippen LogP contribution in [0.2, 0.25) is 0 Å². The van der Waals surface area contributed by atoms with Crippen molar-refractivity contribution in [3.8, 4) is 0 Å². The summed E-state index contributed by atoms with van der Waals surface area (Å²) in [5.41, 5.74) is 1.92. The van der Waals surface area contributed by atoms with Crippen molar-refractivity contribution in [2.24, 2.45) is 0 Å². The van der Waals surface area contributed by atoms with Crippen LogP contribution in [0.15, 0.2) is 53.4 Å². The molecule has 4 rings (SSSR count). The summed E-state index contributed by atoms with van der Waals surface area (Å²) < 4.78 is 1.22. The number of nitrogens with one attached hydrogen (secondary N) is 1. The van der Waals surface area contributed by atoms with Gasteiger partial charge >= 0.3 is 6.03 Å². The molecule has 0 saturated carbocycles. The average Bonchev–Trinajstić information content (AvgIpc) is 3.13. The summed E-state index contributed by atoms with van der Waals surface area (Å²) >= 11 is 3.46. The first-order chi connectivity index (χ1) is 12.7. The third-order valence-electron chi connectivity index (χ3n) is 4.45. The molecule has 1 aliphatic rings. The topological polar surface area (TPSA) is 48.5 Å². The lowest BCUT2D eigenvalue weighted by Crippen LogP contribution is -2.50. The van der Waals surface area contributed by atoms with Gasteiger partial charge < -0.3 is 15.1 Å². The number of anilines is 2. The normalized spacial score (nSPS) is 14.7. The van der Waals surface area contributed by atoms with E-state index < -0.39 is 0 Å². The smallest absolute Gasteiger partial charge is 0.321 e. The number of carbonyl (C=O) groups excluding carboxylic acids is 1. The van der Waals surface area contributed by atoms with E-state index in [0.717, 1.165) is 29.4 Å². The molecule has 2 amide bonds. The highest BCUT2D eigenvalue weighted by atomic mass is 32.2. The van der Waals surface area contributed by atoms with Crippen LogP contribution in [-0.2, 0) is 0 Å². The molecule has 2 aromatic carbocycles. The highest BCUT2D eigenvalue weighted by molar-refractivity contribution is 7.98. The molecular weight excluding hydrogens is 364 g/mol. The number of hydrogen-bond acceptors (Lipinski definition) is 5. The molecule has 5 nitrogen and oxygen atoms in total. The minimum absolute atomic E-state index is 0.0372. The van der Waals surface area contributed by atoms with E-state index in [2.05, 4.69) is 34.7 Å². The van der Waals surface area contributed by atoms with Crippen molar-refractivity contribution < 1.29 is 4.79 Å². The second-order valence-corrected chi connectivity index (χ2v) is 7.93. The van der Waals surface area contributed by atoms with E-state index in [9.17, 15) is 4.79 Å². The van der Waals surface area contributed by atoms with Crippen molar-refractivity contribution in [3.63, 3.8) is 0 Å². The maximum absolute atomic E-state index is 12.4. The van der Waals surface area contributed by atoms with Gasteiger partial charge in [-0.2, -0.15) is 0 Å². The lowest BCUT2D eigenvalue weighted by Gasteiger charge is -2.34. The first-order valence-electron chi connectivity index (χ1n) is 8.54. The molecule has 2 heterocycles. The third kappa shape index (κ3) is 3.50. The minimum Gasteiger partial charge on any atom is -0.345 e. The predicted molar refractivity (Wildman–Crippen MR) is 111 cm³/mol. The monoisotopic (exact) mass is 384 g/mol. The zero-order chi connectivity index (χ0) is 17.9. The molecule has 26 heavy (non-hydrogen) atoms. The van der Waals surface area contributed by atoms with Crippen LogP contribution >= 0.6 is 23.1 Å². The van der Waals surface area contributed by atoms with Gasteiger partial charge in [-0.1, -0.05) is 35.6 Å². The molecule has 7 heteroatoms. The minimum atomic E-state index is -0.0372. The SMILES string of the molecule is CSc1cccc2sc(N3CCN(C(=O)Nc4ccccc4)CC3)nc12. The quantitative estimate of drug-likeness (QED) is 0.681. The Hall–Kier alpha value is -2.25. The van der Waals surface area contributed by atoms with E-state index in [1.165, 1.54) is 9.60 Å². The van der Waals surface area contributed by atoms with Crippen molar-refractivity contribution in [1.29, 1.82) is 0 Å². The maximum Gasteiger partial charge on any atom is 0.321 e. The number of rotatable bonds is 3. The Morgan fingerprint density at radius 1 is 1.08 bits per heavy atom. The van der Waals surface area contributed by atoms with Gasteiger partial charge in [0.15, 0.2) is 5.13 Å². The summed E-state index contributed by atoms with van der Waals surface area (Å²) in [4.78, 5) is 22.6. The van der Waals surface area contributed by atoms with Crippen LogP contribution in [0, 0.1) is 0 Å². The van der Waals surface area contributed by atoms with Gasteiger partial charge in [0.2, 0.25) is 0 Å². The van der Waals surface area contributed by atoms with Gasteiger partial charge in [-0.05, 0) is 30.5 Å². The van der Waals surface area contributed by atoms with Crippen LogP contribution in [0.4, 0.5) is 15.6 Å². The number of fused-ring (bicyclic) bond motifs is 1. The largest absolute Gasteiger partial charge is 0.345 e. The van der Waals surface area contributed by atoms with E-state index >= 15 is 0 Å². The van der Waals surface area contributed by atoms with Crippen LogP contribution in [-0.4, -0.2) is 48.3 Å². The molecule has 1 N–H and O–H groups in total. The van der Waals surface area contributed by atoms with Gasteiger partial charge in [-0.25, -0.2) is 9.78 Å². The fourth-order valence-electron chi connectivity index (χ4n) is 3.04. The van der Waals surface area contributed by atoms with E-state index in [-0.39, 0.29) is 6.03 Å².